The van der Waals surface area contributed by atoms with E-state index in [-0.39, 0.29) is 24.4 Å². The number of aromatic amines is 1. The van der Waals surface area contributed by atoms with Gasteiger partial charge < -0.3 is 20.4 Å². The summed E-state index contributed by atoms with van der Waals surface area (Å²) in [6, 6.07) is 14.2. The molecule has 0 aliphatic heterocycles. The topological polar surface area (TPSA) is 100 Å². The molecule has 1 heterocycles. The number of para-hydroxylation sites is 2. The minimum atomic E-state index is -0.547. The number of anilines is 1. The summed E-state index contributed by atoms with van der Waals surface area (Å²) in [5.41, 5.74) is 2.40. The zero-order chi connectivity index (χ0) is 19.2. The highest BCUT2D eigenvalue weighted by molar-refractivity contribution is 6.02. The Hall–Kier alpha value is -3.61. The van der Waals surface area contributed by atoms with Gasteiger partial charge in [-0.3, -0.25) is 9.59 Å². The van der Waals surface area contributed by atoms with Crippen LogP contribution in [0.1, 0.15) is 15.9 Å². The van der Waals surface area contributed by atoms with Crippen LogP contribution in [0, 0.1) is 0 Å². The fourth-order valence-corrected chi connectivity index (χ4v) is 2.77. The minimum absolute atomic E-state index is 0.163. The van der Waals surface area contributed by atoms with Crippen LogP contribution >= 0.6 is 0 Å². The van der Waals surface area contributed by atoms with E-state index in [0.717, 1.165) is 16.5 Å². The molecular weight excluding hydrogens is 346 g/mol. The lowest BCUT2D eigenvalue weighted by atomic mass is 10.1. The van der Waals surface area contributed by atoms with Gasteiger partial charge in [-0.1, -0.05) is 30.3 Å². The average molecular weight is 365 g/mol. The van der Waals surface area contributed by atoms with Crippen LogP contribution in [-0.2, 0) is 20.7 Å². The third-order valence-electron chi connectivity index (χ3n) is 4.08. The van der Waals surface area contributed by atoms with Crippen molar-refractivity contribution < 1.29 is 19.1 Å². The van der Waals surface area contributed by atoms with Crippen LogP contribution in [0.4, 0.5) is 5.69 Å². The van der Waals surface area contributed by atoms with Crippen LogP contribution in [0.3, 0.4) is 0 Å². The van der Waals surface area contributed by atoms with Crippen molar-refractivity contribution in [3.63, 3.8) is 0 Å². The number of benzene rings is 2. The Balaban J connectivity index is 1.56. The summed E-state index contributed by atoms with van der Waals surface area (Å²) >= 11 is 0. The molecule has 27 heavy (non-hydrogen) atoms. The quantitative estimate of drug-likeness (QED) is 0.583. The molecule has 0 aliphatic carbocycles. The summed E-state index contributed by atoms with van der Waals surface area (Å²) in [5, 5.41) is 6.17. The van der Waals surface area contributed by atoms with Crippen molar-refractivity contribution in [1.29, 1.82) is 0 Å². The molecule has 0 unspecified atom stereocenters. The van der Waals surface area contributed by atoms with Gasteiger partial charge in [0.2, 0.25) is 11.8 Å². The molecule has 0 saturated heterocycles. The number of esters is 1. The third kappa shape index (κ3) is 4.33. The lowest BCUT2D eigenvalue weighted by Crippen LogP contribution is -2.34. The first kappa shape index (κ1) is 18.2. The van der Waals surface area contributed by atoms with Crippen molar-refractivity contribution >= 4 is 34.4 Å². The van der Waals surface area contributed by atoms with E-state index in [4.69, 9.17) is 0 Å². The highest BCUT2D eigenvalue weighted by atomic mass is 16.5. The van der Waals surface area contributed by atoms with Gasteiger partial charge in [0.15, 0.2) is 0 Å². The molecule has 0 atom stereocenters. The van der Waals surface area contributed by atoms with E-state index in [1.807, 2.05) is 24.3 Å². The molecular formula is C20H19N3O4. The second-order valence-corrected chi connectivity index (χ2v) is 5.90. The Labute approximate surface area is 155 Å². The summed E-state index contributed by atoms with van der Waals surface area (Å²) in [5.74, 6) is -1.25. The smallest absolute Gasteiger partial charge is 0.339 e. The molecule has 0 bridgehead atoms. The lowest BCUT2D eigenvalue weighted by Gasteiger charge is -2.10. The van der Waals surface area contributed by atoms with Crippen molar-refractivity contribution in [2.24, 2.45) is 0 Å². The molecule has 138 valence electrons. The van der Waals surface area contributed by atoms with Crippen LogP contribution < -0.4 is 10.6 Å². The van der Waals surface area contributed by atoms with Gasteiger partial charge in [0, 0.05) is 17.1 Å². The Morgan fingerprint density at radius 1 is 1.00 bits per heavy atom. The van der Waals surface area contributed by atoms with Crippen molar-refractivity contribution in [3.05, 3.63) is 65.9 Å². The molecule has 3 aromatic rings. The van der Waals surface area contributed by atoms with Crippen LogP contribution in [0.15, 0.2) is 54.7 Å². The van der Waals surface area contributed by atoms with E-state index in [2.05, 4.69) is 20.4 Å². The maximum Gasteiger partial charge on any atom is 0.339 e. The molecule has 2 aromatic carbocycles. The number of aromatic nitrogens is 1. The number of ether oxygens (including phenoxy) is 1. The van der Waals surface area contributed by atoms with Crippen LogP contribution in [0.5, 0.6) is 0 Å². The number of hydrogen-bond donors (Lipinski definition) is 3. The summed E-state index contributed by atoms with van der Waals surface area (Å²) in [7, 11) is 1.27. The molecule has 1 aromatic heterocycles. The van der Waals surface area contributed by atoms with E-state index in [0.29, 0.717) is 5.69 Å². The third-order valence-corrected chi connectivity index (χ3v) is 4.08. The number of carbonyl (C=O) groups is 3. The maximum atomic E-state index is 12.2. The zero-order valence-electron chi connectivity index (χ0n) is 14.7. The number of rotatable bonds is 6. The molecule has 0 spiro atoms. The maximum absolute atomic E-state index is 12.2. The summed E-state index contributed by atoms with van der Waals surface area (Å²) < 4.78 is 4.69. The number of methoxy groups -OCH3 is 1. The number of hydrogen-bond acceptors (Lipinski definition) is 4. The summed E-state index contributed by atoms with van der Waals surface area (Å²) in [6.07, 6.45) is 1.95. The zero-order valence-corrected chi connectivity index (χ0v) is 14.7. The van der Waals surface area contributed by atoms with Gasteiger partial charge in [-0.2, -0.15) is 0 Å². The second-order valence-electron chi connectivity index (χ2n) is 5.90. The molecule has 7 heteroatoms. The van der Waals surface area contributed by atoms with Gasteiger partial charge in [0.1, 0.15) is 0 Å². The van der Waals surface area contributed by atoms with Crippen molar-refractivity contribution in [2.45, 2.75) is 6.42 Å². The molecule has 0 saturated carbocycles. The predicted octanol–water partition coefficient (Wildman–Crippen LogP) is 2.25. The normalized spacial score (nSPS) is 10.4. The van der Waals surface area contributed by atoms with E-state index in [9.17, 15) is 14.4 Å². The lowest BCUT2D eigenvalue weighted by molar-refractivity contribution is -0.123. The first-order chi connectivity index (χ1) is 13.1. The number of fused-ring (bicyclic) bond motifs is 1. The van der Waals surface area contributed by atoms with Crippen LogP contribution in [-0.4, -0.2) is 36.4 Å². The van der Waals surface area contributed by atoms with Crippen LogP contribution in [0.25, 0.3) is 10.9 Å². The van der Waals surface area contributed by atoms with Gasteiger partial charge in [0.25, 0.3) is 0 Å². The summed E-state index contributed by atoms with van der Waals surface area (Å²) in [6.45, 7) is -0.198. The number of carbonyl (C=O) groups excluding carboxylic acids is 3. The van der Waals surface area contributed by atoms with E-state index in [1.54, 1.807) is 30.5 Å². The fraction of sp³-hybridized carbons (Fsp3) is 0.150. The largest absolute Gasteiger partial charge is 0.465 e. The van der Waals surface area contributed by atoms with Crippen molar-refractivity contribution in [3.8, 4) is 0 Å². The SMILES string of the molecule is COC(=O)c1ccccc1NC(=O)CNC(=O)Cc1c[nH]c2ccccc12. The van der Waals surface area contributed by atoms with Crippen molar-refractivity contribution in [2.75, 3.05) is 19.0 Å². The average Bonchev–Trinajstić information content (AvgIpc) is 3.09. The fourth-order valence-electron chi connectivity index (χ4n) is 2.77. The number of amides is 2. The van der Waals surface area contributed by atoms with E-state index < -0.39 is 11.9 Å². The van der Waals surface area contributed by atoms with E-state index >= 15 is 0 Å². The molecule has 0 aliphatic rings. The number of H-pyrrole nitrogens is 1. The highest BCUT2D eigenvalue weighted by Crippen LogP contribution is 2.18. The summed E-state index contributed by atoms with van der Waals surface area (Å²) in [4.78, 5) is 39.1. The molecule has 7 nitrogen and oxygen atoms in total. The van der Waals surface area contributed by atoms with E-state index in [1.165, 1.54) is 7.11 Å². The van der Waals surface area contributed by atoms with Gasteiger partial charge in [0.05, 0.1) is 31.3 Å². The monoisotopic (exact) mass is 365 g/mol. The second kappa shape index (κ2) is 8.18. The Morgan fingerprint density at radius 2 is 1.74 bits per heavy atom. The Kier molecular flexibility index (Phi) is 5.51. The Morgan fingerprint density at radius 3 is 2.56 bits per heavy atom. The van der Waals surface area contributed by atoms with Gasteiger partial charge in [-0.25, -0.2) is 4.79 Å². The molecule has 3 rings (SSSR count). The van der Waals surface area contributed by atoms with Gasteiger partial charge in [-0.15, -0.1) is 0 Å². The molecule has 0 radical (unpaired) electrons. The molecule has 2 amide bonds. The standard InChI is InChI=1S/C20H19N3O4/c1-27-20(26)15-7-3-5-9-17(15)23-19(25)12-22-18(24)10-13-11-21-16-8-4-2-6-14(13)16/h2-9,11,21H,10,12H2,1H3,(H,22,24)(H,23,25). The minimum Gasteiger partial charge on any atom is -0.465 e. The van der Waals surface area contributed by atoms with Gasteiger partial charge in [-0.05, 0) is 23.8 Å². The van der Waals surface area contributed by atoms with Crippen molar-refractivity contribution in [1.82, 2.24) is 10.3 Å². The van der Waals surface area contributed by atoms with Crippen LogP contribution in [0.2, 0.25) is 0 Å². The molecule has 0 fully saturated rings. The highest BCUT2D eigenvalue weighted by Gasteiger charge is 2.14. The first-order valence-corrected chi connectivity index (χ1v) is 8.37. The number of nitrogens with one attached hydrogen (secondary N) is 3. The predicted molar refractivity (Wildman–Crippen MR) is 101 cm³/mol. The Bertz CT molecular complexity index is 994. The molecule has 3 N–H and O–H groups in total. The first-order valence-electron chi connectivity index (χ1n) is 8.37. The van der Waals surface area contributed by atoms with Gasteiger partial charge >= 0.3 is 5.97 Å².